The molecule has 3 aromatic rings. The van der Waals surface area contributed by atoms with E-state index in [2.05, 4.69) is 10.3 Å². The van der Waals surface area contributed by atoms with Gasteiger partial charge in [-0.3, -0.25) is 4.79 Å². The molecule has 0 saturated heterocycles. The van der Waals surface area contributed by atoms with Crippen LogP contribution in [0.15, 0.2) is 30.3 Å². The third kappa shape index (κ3) is 2.65. The smallest absolute Gasteiger partial charge is 0.255 e. The van der Waals surface area contributed by atoms with Gasteiger partial charge in [-0.15, -0.1) is 0 Å². The lowest BCUT2D eigenvalue weighted by molar-refractivity contribution is 0.102. The van der Waals surface area contributed by atoms with Crippen LogP contribution in [0.25, 0.3) is 10.2 Å². The summed E-state index contributed by atoms with van der Waals surface area (Å²) >= 11 is 7.36. The first-order chi connectivity index (χ1) is 10.5. The molecule has 0 radical (unpaired) electrons. The molecule has 1 heterocycles. The zero-order valence-corrected chi connectivity index (χ0v) is 13.7. The van der Waals surface area contributed by atoms with Crippen molar-refractivity contribution >= 4 is 49.9 Å². The number of anilines is 2. The van der Waals surface area contributed by atoms with Gasteiger partial charge in [0.05, 0.1) is 10.2 Å². The number of aryl methyl sites for hydroxylation is 2. The number of benzene rings is 2. The van der Waals surface area contributed by atoms with E-state index in [9.17, 15) is 4.79 Å². The summed E-state index contributed by atoms with van der Waals surface area (Å²) in [5.41, 5.74) is 9.87. The Kier molecular flexibility index (Phi) is 3.76. The number of nitrogens with one attached hydrogen (secondary N) is 1. The predicted octanol–water partition coefficient (Wildman–Crippen LogP) is 4.40. The molecule has 22 heavy (non-hydrogen) atoms. The lowest BCUT2D eigenvalue weighted by Crippen LogP contribution is -2.13. The van der Waals surface area contributed by atoms with E-state index in [1.165, 1.54) is 11.3 Å². The van der Waals surface area contributed by atoms with Crippen molar-refractivity contribution in [2.75, 3.05) is 11.1 Å². The first kappa shape index (κ1) is 14.8. The molecule has 0 saturated carbocycles. The third-order valence-electron chi connectivity index (χ3n) is 3.46. The molecule has 0 atom stereocenters. The summed E-state index contributed by atoms with van der Waals surface area (Å²) in [6.45, 7) is 3.90. The van der Waals surface area contributed by atoms with Gasteiger partial charge < -0.3 is 11.1 Å². The van der Waals surface area contributed by atoms with Gasteiger partial charge in [-0.05, 0) is 49.2 Å². The number of hydrogen-bond acceptors (Lipinski definition) is 4. The normalized spacial score (nSPS) is 10.9. The van der Waals surface area contributed by atoms with Crippen LogP contribution in [0.1, 0.15) is 21.5 Å². The largest absolute Gasteiger partial charge is 0.375 e. The predicted molar refractivity (Wildman–Crippen MR) is 92.9 cm³/mol. The Balaban J connectivity index is 2.01. The Morgan fingerprint density at radius 3 is 2.82 bits per heavy atom. The number of fused-ring (bicyclic) bond motifs is 1. The van der Waals surface area contributed by atoms with Crippen LogP contribution in [-0.2, 0) is 0 Å². The molecule has 3 rings (SSSR count). The van der Waals surface area contributed by atoms with Crippen LogP contribution in [0.3, 0.4) is 0 Å². The van der Waals surface area contributed by atoms with Gasteiger partial charge >= 0.3 is 0 Å². The third-order valence-corrected chi connectivity index (χ3v) is 4.71. The Bertz CT molecular complexity index is 888. The average Bonchev–Trinajstić information content (AvgIpc) is 2.84. The second-order valence-electron chi connectivity index (χ2n) is 5.06. The summed E-state index contributed by atoms with van der Waals surface area (Å²) in [5.74, 6) is -0.189. The second-order valence-corrected chi connectivity index (χ2v) is 6.53. The van der Waals surface area contributed by atoms with Crippen molar-refractivity contribution in [1.29, 1.82) is 0 Å². The van der Waals surface area contributed by atoms with Crippen LogP contribution < -0.4 is 11.1 Å². The molecule has 6 heteroatoms. The van der Waals surface area contributed by atoms with Crippen LogP contribution in [-0.4, -0.2) is 10.9 Å². The van der Waals surface area contributed by atoms with Crippen LogP contribution >= 0.6 is 22.9 Å². The van der Waals surface area contributed by atoms with Crippen LogP contribution in [0.5, 0.6) is 0 Å². The number of carbonyl (C=O) groups excluding carboxylic acids is 1. The van der Waals surface area contributed by atoms with Crippen molar-refractivity contribution in [3.05, 3.63) is 52.0 Å². The summed E-state index contributed by atoms with van der Waals surface area (Å²) in [5, 5.41) is 4.02. The number of nitrogens with zero attached hydrogens (tertiary/aromatic N) is 1. The molecule has 1 aromatic heterocycles. The maximum absolute atomic E-state index is 12.4. The monoisotopic (exact) mass is 331 g/mol. The SMILES string of the molecule is Cc1cc2nc(N)sc2c(C)c1NC(=O)c1cccc(Cl)c1. The van der Waals surface area contributed by atoms with Crippen LogP contribution in [0, 0.1) is 13.8 Å². The van der Waals surface area contributed by atoms with Crippen molar-refractivity contribution in [3.63, 3.8) is 0 Å². The van der Waals surface area contributed by atoms with E-state index in [0.29, 0.717) is 15.7 Å². The minimum Gasteiger partial charge on any atom is -0.375 e. The summed E-state index contributed by atoms with van der Waals surface area (Å²) < 4.78 is 0.990. The molecule has 0 fully saturated rings. The topological polar surface area (TPSA) is 68.0 Å². The van der Waals surface area contributed by atoms with Gasteiger partial charge in [0, 0.05) is 16.3 Å². The summed E-state index contributed by atoms with van der Waals surface area (Å²) in [7, 11) is 0. The molecule has 112 valence electrons. The van der Waals surface area contributed by atoms with Gasteiger partial charge in [-0.2, -0.15) is 0 Å². The van der Waals surface area contributed by atoms with Crippen molar-refractivity contribution in [3.8, 4) is 0 Å². The maximum Gasteiger partial charge on any atom is 0.255 e. The van der Waals surface area contributed by atoms with E-state index < -0.39 is 0 Å². The number of halogens is 1. The first-order valence-corrected chi connectivity index (χ1v) is 7.88. The highest BCUT2D eigenvalue weighted by molar-refractivity contribution is 7.22. The number of hydrogen-bond donors (Lipinski definition) is 2. The number of thiazole rings is 1. The molecule has 0 spiro atoms. The Hall–Kier alpha value is -2.11. The molecule has 1 amide bonds. The van der Waals surface area contributed by atoms with Crippen LogP contribution in [0.4, 0.5) is 10.8 Å². The summed E-state index contributed by atoms with van der Waals surface area (Å²) in [6.07, 6.45) is 0. The van der Waals surface area contributed by atoms with E-state index in [1.807, 2.05) is 19.9 Å². The highest BCUT2D eigenvalue weighted by Gasteiger charge is 2.14. The molecule has 2 aromatic carbocycles. The van der Waals surface area contributed by atoms with Crippen LogP contribution in [0.2, 0.25) is 5.02 Å². The summed E-state index contributed by atoms with van der Waals surface area (Å²) in [6, 6.07) is 8.80. The minimum atomic E-state index is -0.189. The fraction of sp³-hybridized carbons (Fsp3) is 0.125. The zero-order valence-electron chi connectivity index (χ0n) is 12.1. The lowest BCUT2D eigenvalue weighted by atomic mass is 10.1. The number of nitrogens with two attached hydrogens (primary N) is 1. The molecule has 0 unspecified atom stereocenters. The highest BCUT2D eigenvalue weighted by atomic mass is 35.5. The van der Waals surface area contributed by atoms with Crippen molar-refractivity contribution in [1.82, 2.24) is 4.98 Å². The van der Waals surface area contributed by atoms with E-state index in [-0.39, 0.29) is 5.91 Å². The quantitative estimate of drug-likeness (QED) is 0.731. The van der Waals surface area contributed by atoms with Crippen molar-refractivity contribution in [2.24, 2.45) is 0 Å². The molecule has 4 nitrogen and oxygen atoms in total. The van der Waals surface area contributed by atoms with Gasteiger partial charge in [-0.25, -0.2) is 4.98 Å². The van der Waals surface area contributed by atoms with Crippen molar-refractivity contribution in [2.45, 2.75) is 13.8 Å². The lowest BCUT2D eigenvalue weighted by Gasteiger charge is -2.12. The average molecular weight is 332 g/mol. The van der Waals surface area contributed by atoms with Gasteiger partial charge in [0.2, 0.25) is 0 Å². The Labute approximate surface area is 136 Å². The van der Waals surface area contributed by atoms with E-state index in [4.69, 9.17) is 17.3 Å². The molecule has 0 aliphatic rings. The number of carbonyl (C=O) groups is 1. The fourth-order valence-electron chi connectivity index (χ4n) is 2.41. The van der Waals surface area contributed by atoms with E-state index in [0.717, 1.165) is 27.0 Å². The Morgan fingerprint density at radius 2 is 2.09 bits per heavy atom. The summed E-state index contributed by atoms with van der Waals surface area (Å²) in [4.78, 5) is 16.7. The molecular formula is C16H14ClN3OS. The van der Waals surface area contributed by atoms with Crippen molar-refractivity contribution < 1.29 is 4.79 Å². The highest BCUT2D eigenvalue weighted by Crippen LogP contribution is 2.34. The standard InChI is InChI=1S/C16H14ClN3OS/c1-8-6-12-14(22-16(18)19-12)9(2)13(8)20-15(21)10-4-3-5-11(17)7-10/h3-7H,1-2H3,(H2,18,19)(H,20,21). The molecular weight excluding hydrogens is 318 g/mol. The number of amides is 1. The van der Waals surface area contributed by atoms with Gasteiger partial charge in [0.15, 0.2) is 5.13 Å². The van der Waals surface area contributed by atoms with E-state index >= 15 is 0 Å². The Morgan fingerprint density at radius 1 is 1.32 bits per heavy atom. The zero-order chi connectivity index (χ0) is 15.9. The van der Waals surface area contributed by atoms with Gasteiger partial charge in [0.25, 0.3) is 5.91 Å². The molecule has 0 aliphatic carbocycles. The molecule has 0 bridgehead atoms. The molecule has 3 N–H and O–H groups in total. The maximum atomic E-state index is 12.4. The number of aromatic nitrogens is 1. The fourth-order valence-corrected chi connectivity index (χ4v) is 3.42. The van der Waals surface area contributed by atoms with Gasteiger partial charge in [0.1, 0.15) is 0 Å². The van der Waals surface area contributed by atoms with Gasteiger partial charge in [-0.1, -0.05) is 29.0 Å². The minimum absolute atomic E-state index is 0.189. The first-order valence-electron chi connectivity index (χ1n) is 6.69. The molecule has 0 aliphatic heterocycles. The second kappa shape index (κ2) is 5.59. The number of nitrogen functional groups attached to an aromatic ring is 1. The number of rotatable bonds is 2. The van der Waals surface area contributed by atoms with E-state index in [1.54, 1.807) is 24.3 Å².